The molecule has 0 aliphatic heterocycles. The lowest BCUT2D eigenvalue weighted by molar-refractivity contribution is 0.281. The number of aliphatic hydroxyl groups excluding tert-OH is 1. The van der Waals surface area contributed by atoms with Crippen molar-refractivity contribution < 1.29 is 14.2 Å². The van der Waals surface area contributed by atoms with Gasteiger partial charge in [0.2, 0.25) is 0 Å². The lowest BCUT2D eigenvalue weighted by Gasteiger charge is -2.09. The van der Waals surface area contributed by atoms with E-state index in [1.54, 1.807) is 25.1 Å². The molecule has 3 heteroatoms. The van der Waals surface area contributed by atoms with Gasteiger partial charge in [0.05, 0.1) is 6.61 Å². The van der Waals surface area contributed by atoms with Crippen LogP contribution in [0.3, 0.4) is 0 Å². The van der Waals surface area contributed by atoms with Crippen LogP contribution >= 0.6 is 0 Å². The molecule has 0 radical (unpaired) electrons. The molecule has 0 saturated heterocycles. The lowest BCUT2D eigenvalue weighted by Crippen LogP contribution is -1.91. The molecule has 0 unspecified atom stereocenters. The molecule has 0 fully saturated rings. The Morgan fingerprint density at radius 3 is 2.17 bits per heavy atom. The Labute approximate surface area is 106 Å². The Kier molecular flexibility index (Phi) is 3.63. The summed E-state index contributed by atoms with van der Waals surface area (Å²) in [6.07, 6.45) is 0. The van der Waals surface area contributed by atoms with E-state index < -0.39 is 0 Å². The molecule has 0 atom stereocenters. The molecule has 18 heavy (non-hydrogen) atoms. The molecule has 2 aromatic rings. The number of hydrogen-bond donors (Lipinski definition) is 1. The molecular formula is C15H15FO2. The van der Waals surface area contributed by atoms with Gasteiger partial charge in [-0.1, -0.05) is 6.07 Å². The summed E-state index contributed by atoms with van der Waals surface area (Å²) in [5, 5.41) is 9.08. The van der Waals surface area contributed by atoms with Gasteiger partial charge in [-0.2, -0.15) is 0 Å². The van der Waals surface area contributed by atoms with Gasteiger partial charge >= 0.3 is 0 Å². The Morgan fingerprint density at radius 1 is 1.00 bits per heavy atom. The van der Waals surface area contributed by atoms with Crippen molar-refractivity contribution in [2.45, 2.75) is 20.5 Å². The summed E-state index contributed by atoms with van der Waals surface area (Å²) in [7, 11) is 0. The van der Waals surface area contributed by atoms with Crippen molar-refractivity contribution in [2.24, 2.45) is 0 Å². The molecule has 0 aliphatic carbocycles. The van der Waals surface area contributed by atoms with E-state index in [2.05, 4.69) is 0 Å². The molecule has 0 heterocycles. The van der Waals surface area contributed by atoms with Crippen LogP contribution in [-0.4, -0.2) is 5.11 Å². The zero-order chi connectivity index (χ0) is 13.1. The summed E-state index contributed by atoms with van der Waals surface area (Å²) in [6.45, 7) is 3.62. The van der Waals surface area contributed by atoms with E-state index in [4.69, 9.17) is 9.84 Å². The minimum absolute atomic E-state index is 0.0156. The fourth-order valence-corrected chi connectivity index (χ4v) is 1.73. The maximum absolute atomic E-state index is 13.1. The third-order valence-electron chi connectivity index (χ3n) is 2.85. The van der Waals surface area contributed by atoms with Crippen molar-refractivity contribution in [1.82, 2.24) is 0 Å². The summed E-state index contributed by atoms with van der Waals surface area (Å²) in [5.41, 5.74) is 2.39. The van der Waals surface area contributed by atoms with Gasteiger partial charge in [-0.05, 0) is 60.9 Å². The minimum atomic E-state index is -0.242. The molecule has 0 aromatic heterocycles. The Morgan fingerprint density at radius 2 is 1.61 bits per heavy atom. The largest absolute Gasteiger partial charge is 0.457 e. The topological polar surface area (TPSA) is 29.5 Å². The number of ether oxygens (including phenoxy) is 1. The maximum Gasteiger partial charge on any atom is 0.127 e. The van der Waals surface area contributed by atoms with E-state index in [0.29, 0.717) is 17.1 Å². The number of aryl methyl sites for hydroxylation is 2. The average Bonchev–Trinajstić information content (AvgIpc) is 2.34. The first kappa shape index (κ1) is 12.6. The van der Waals surface area contributed by atoms with E-state index in [9.17, 15) is 4.39 Å². The highest BCUT2D eigenvalue weighted by atomic mass is 19.1. The second-order valence-corrected chi connectivity index (χ2v) is 4.26. The predicted octanol–water partition coefficient (Wildman–Crippen LogP) is 3.73. The molecular weight excluding hydrogens is 231 g/mol. The summed E-state index contributed by atoms with van der Waals surface area (Å²) >= 11 is 0. The van der Waals surface area contributed by atoms with Crippen LogP contribution in [0.5, 0.6) is 11.5 Å². The van der Waals surface area contributed by atoms with Crippen molar-refractivity contribution in [3.05, 3.63) is 58.9 Å². The van der Waals surface area contributed by atoms with Crippen molar-refractivity contribution in [3.8, 4) is 11.5 Å². The monoisotopic (exact) mass is 246 g/mol. The zero-order valence-electron chi connectivity index (χ0n) is 10.4. The van der Waals surface area contributed by atoms with E-state index in [0.717, 1.165) is 11.1 Å². The third kappa shape index (κ3) is 2.68. The van der Waals surface area contributed by atoms with E-state index >= 15 is 0 Å². The van der Waals surface area contributed by atoms with E-state index in [1.807, 2.05) is 19.1 Å². The molecule has 0 saturated carbocycles. The molecule has 1 N–H and O–H groups in total. The molecule has 0 bridgehead atoms. The van der Waals surface area contributed by atoms with Gasteiger partial charge in [0.15, 0.2) is 0 Å². The molecule has 2 aromatic carbocycles. The van der Waals surface area contributed by atoms with Crippen LogP contribution in [0.2, 0.25) is 0 Å². The first-order chi connectivity index (χ1) is 8.60. The lowest BCUT2D eigenvalue weighted by atomic mass is 10.1. The molecule has 0 spiro atoms. The molecule has 2 nitrogen and oxygen atoms in total. The summed E-state index contributed by atoms with van der Waals surface area (Å²) in [4.78, 5) is 0. The number of hydrogen-bond acceptors (Lipinski definition) is 2. The molecule has 0 aliphatic rings. The van der Waals surface area contributed by atoms with Gasteiger partial charge in [0, 0.05) is 0 Å². The minimum Gasteiger partial charge on any atom is -0.457 e. The normalized spacial score (nSPS) is 10.4. The fraction of sp³-hybridized carbons (Fsp3) is 0.200. The van der Waals surface area contributed by atoms with Crippen LogP contribution in [-0.2, 0) is 6.61 Å². The summed E-state index contributed by atoms with van der Waals surface area (Å²) in [6, 6.07) is 10.1. The number of rotatable bonds is 3. The fourth-order valence-electron chi connectivity index (χ4n) is 1.73. The Bertz CT molecular complexity index is 564. The third-order valence-corrected chi connectivity index (χ3v) is 2.85. The first-order valence-electron chi connectivity index (χ1n) is 5.74. The average molecular weight is 246 g/mol. The number of aliphatic hydroxyl groups is 1. The molecule has 0 amide bonds. The second-order valence-electron chi connectivity index (χ2n) is 4.26. The van der Waals surface area contributed by atoms with Crippen molar-refractivity contribution >= 4 is 0 Å². The molecule has 2 rings (SSSR count). The zero-order valence-corrected chi connectivity index (χ0v) is 10.4. The van der Waals surface area contributed by atoms with E-state index in [-0.39, 0.29) is 12.4 Å². The summed E-state index contributed by atoms with van der Waals surface area (Å²) in [5.74, 6) is 1.04. The smallest absolute Gasteiger partial charge is 0.127 e. The van der Waals surface area contributed by atoms with Gasteiger partial charge < -0.3 is 9.84 Å². The van der Waals surface area contributed by atoms with Gasteiger partial charge in [-0.15, -0.1) is 0 Å². The van der Waals surface area contributed by atoms with Crippen LogP contribution in [0.1, 0.15) is 16.7 Å². The maximum atomic E-state index is 13.1. The van der Waals surface area contributed by atoms with Gasteiger partial charge in [0.1, 0.15) is 17.3 Å². The van der Waals surface area contributed by atoms with Crippen LogP contribution < -0.4 is 4.74 Å². The quantitative estimate of drug-likeness (QED) is 0.894. The van der Waals surface area contributed by atoms with Crippen LogP contribution in [0.15, 0.2) is 36.4 Å². The van der Waals surface area contributed by atoms with Crippen LogP contribution in [0, 0.1) is 19.7 Å². The van der Waals surface area contributed by atoms with E-state index in [1.165, 1.54) is 6.07 Å². The highest BCUT2D eigenvalue weighted by molar-refractivity contribution is 5.38. The highest BCUT2D eigenvalue weighted by Crippen LogP contribution is 2.25. The Hall–Kier alpha value is -1.87. The number of halogens is 1. The van der Waals surface area contributed by atoms with Crippen LogP contribution in [0.4, 0.5) is 4.39 Å². The second kappa shape index (κ2) is 5.19. The van der Waals surface area contributed by atoms with Crippen molar-refractivity contribution in [1.29, 1.82) is 0 Å². The van der Waals surface area contributed by atoms with Gasteiger partial charge in [-0.25, -0.2) is 4.39 Å². The van der Waals surface area contributed by atoms with Crippen LogP contribution in [0.25, 0.3) is 0 Å². The van der Waals surface area contributed by atoms with Gasteiger partial charge in [0.25, 0.3) is 0 Å². The first-order valence-corrected chi connectivity index (χ1v) is 5.74. The van der Waals surface area contributed by atoms with Crippen molar-refractivity contribution in [2.75, 3.05) is 0 Å². The predicted molar refractivity (Wildman–Crippen MR) is 68.3 cm³/mol. The highest BCUT2D eigenvalue weighted by Gasteiger charge is 2.03. The van der Waals surface area contributed by atoms with Crippen molar-refractivity contribution in [3.63, 3.8) is 0 Å². The molecule has 94 valence electrons. The SMILES string of the molecule is Cc1cc(Oc2ccc(CO)c(C)c2)ccc1F. The Balaban J connectivity index is 2.23. The standard InChI is InChI=1S/C15H15FO2/c1-10-7-13(4-3-12(10)9-17)18-14-5-6-15(16)11(2)8-14/h3-8,17H,9H2,1-2H3. The van der Waals surface area contributed by atoms with Gasteiger partial charge in [-0.3, -0.25) is 0 Å². The number of benzene rings is 2. The summed E-state index contributed by atoms with van der Waals surface area (Å²) < 4.78 is 18.8.